The molecule has 0 radical (unpaired) electrons. The zero-order valence-corrected chi connectivity index (χ0v) is 12.0. The minimum atomic E-state index is 0.355. The Kier molecular flexibility index (Phi) is 5.27. The number of hydrazine groups is 1. The van der Waals surface area contributed by atoms with Crippen molar-refractivity contribution in [1.82, 2.24) is 19.9 Å². The van der Waals surface area contributed by atoms with Crippen LogP contribution in [0.2, 0.25) is 0 Å². The molecule has 0 saturated carbocycles. The summed E-state index contributed by atoms with van der Waals surface area (Å²) in [6.45, 7) is 4.55. The quantitative estimate of drug-likeness (QED) is 0.446. The smallest absolute Gasteiger partial charge is 0.243 e. The third-order valence-electron chi connectivity index (χ3n) is 2.89. The number of anilines is 3. The van der Waals surface area contributed by atoms with Crippen LogP contribution in [0.3, 0.4) is 0 Å². The molecule has 0 unspecified atom stereocenters. The molecule has 2 rings (SSSR count). The average molecular weight is 282 g/mol. The van der Waals surface area contributed by atoms with Crippen LogP contribution in [0.15, 0.2) is 0 Å². The van der Waals surface area contributed by atoms with Crippen molar-refractivity contribution in [3.63, 3.8) is 0 Å². The van der Waals surface area contributed by atoms with Crippen molar-refractivity contribution in [2.75, 3.05) is 69.1 Å². The fraction of sp³-hybridized carbons (Fsp3) is 0.727. The molecule has 0 aliphatic carbocycles. The van der Waals surface area contributed by atoms with Gasteiger partial charge < -0.3 is 19.9 Å². The van der Waals surface area contributed by atoms with E-state index < -0.39 is 0 Å². The van der Waals surface area contributed by atoms with Crippen molar-refractivity contribution in [3.8, 4) is 0 Å². The zero-order valence-electron chi connectivity index (χ0n) is 12.0. The number of hydrogen-bond acceptors (Lipinski definition) is 9. The van der Waals surface area contributed by atoms with Crippen molar-refractivity contribution in [3.05, 3.63) is 0 Å². The van der Waals surface area contributed by atoms with Gasteiger partial charge in [-0.15, -0.1) is 0 Å². The number of nitrogens with one attached hydrogen (secondary N) is 2. The highest BCUT2D eigenvalue weighted by Crippen LogP contribution is 2.14. The van der Waals surface area contributed by atoms with Crippen LogP contribution >= 0.6 is 0 Å². The molecule has 1 aliphatic heterocycles. The average Bonchev–Trinajstić information content (AvgIpc) is 2.47. The number of nitrogen functional groups attached to an aromatic ring is 1. The summed E-state index contributed by atoms with van der Waals surface area (Å²) in [5.74, 6) is 6.91. The molecule has 0 atom stereocenters. The first-order valence-electron chi connectivity index (χ1n) is 6.63. The fourth-order valence-corrected chi connectivity index (χ4v) is 1.80. The first-order valence-corrected chi connectivity index (χ1v) is 6.63. The van der Waals surface area contributed by atoms with Crippen molar-refractivity contribution >= 4 is 17.8 Å². The van der Waals surface area contributed by atoms with Gasteiger partial charge in [0, 0.05) is 26.2 Å². The van der Waals surface area contributed by atoms with E-state index in [-0.39, 0.29) is 0 Å². The number of ether oxygens (including phenoxy) is 1. The van der Waals surface area contributed by atoms with Crippen molar-refractivity contribution < 1.29 is 4.74 Å². The van der Waals surface area contributed by atoms with E-state index in [9.17, 15) is 0 Å². The molecule has 0 aromatic carbocycles. The zero-order chi connectivity index (χ0) is 14.4. The van der Waals surface area contributed by atoms with Gasteiger partial charge in [-0.25, -0.2) is 5.84 Å². The number of rotatable bonds is 6. The van der Waals surface area contributed by atoms with Crippen LogP contribution in [0, 0.1) is 0 Å². The number of nitrogens with zero attached hydrogens (tertiary/aromatic N) is 5. The maximum absolute atomic E-state index is 5.41. The topological polar surface area (TPSA) is 104 Å². The molecule has 1 fully saturated rings. The molecule has 2 heterocycles. The molecule has 1 aliphatic rings. The molecular weight excluding hydrogens is 260 g/mol. The number of likely N-dealkylation sites (N-methyl/N-ethyl adjacent to an activating group) is 1. The fourth-order valence-electron chi connectivity index (χ4n) is 1.80. The number of nitrogens with two attached hydrogens (primary N) is 1. The van der Waals surface area contributed by atoms with Gasteiger partial charge in [-0.2, -0.15) is 15.0 Å². The maximum Gasteiger partial charge on any atom is 0.243 e. The first-order chi connectivity index (χ1) is 9.69. The molecule has 0 amide bonds. The third kappa shape index (κ3) is 4.15. The highest BCUT2D eigenvalue weighted by atomic mass is 16.5. The van der Waals surface area contributed by atoms with Crippen LogP contribution in [0.4, 0.5) is 17.8 Å². The van der Waals surface area contributed by atoms with Crippen LogP contribution in [-0.4, -0.2) is 73.3 Å². The van der Waals surface area contributed by atoms with Gasteiger partial charge in [-0.3, -0.25) is 5.43 Å². The van der Waals surface area contributed by atoms with Gasteiger partial charge in [0.05, 0.1) is 13.2 Å². The Morgan fingerprint density at radius 3 is 2.55 bits per heavy atom. The molecule has 20 heavy (non-hydrogen) atoms. The Hall–Kier alpha value is -1.71. The lowest BCUT2D eigenvalue weighted by molar-refractivity contribution is 0.122. The normalized spacial score (nSPS) is 15.5. The predicted molar refractivity (Wildman–Crippen MR) is 77.7 cm³/mol. The molecule has 9 heteroatoms. The molecule has 1 aromatic rings. The summed E-state index contributed by atoms with van der Waals surface area (Å²) in [6.07, 6.45) is 0. The maximum atomic E-state index is 5.41. The van der Waals surface area contributed by atoms with E-state index >= 15 is 0 Å². The highest BCUT2D eigenvalue weighted by molar-refractivity contribution is 5.43. The summed E-state index contributed by atoms with van der Waals surface area (Å²) in [4.78, 5) is 17.0. The van der Waals surface area contributed by atoms with Gasteiger partial charge in [0.2, 0.25) is 17.8 Å². The second-order valence-corrected chi connectivity index (χ2v) is 4.76. The standard InChI is InChI=1S/C11H22N8O/c1-18(2)4-3-13-9-14-10(17-12)16-11(15-9)19-5-7-20-8-6-19/h3-8,12H2,1-2H3,(H2,13,14,15,16,17). The van der Waals surface area contributed by atoms with E-state index in [4.69, 9.17) is 10.6 Å². The van der Waals surface area contributed by atoms with Gasteiger partial charge in [-0.1, -0.05) is 0 Å². The van der Waals surface area contributed by atoms with E-state index in [0.717, 1.165) is 26.2 Å². The Morgan fingerprint density at radius 1 is 1.20 bits per heavy atom. The van der Waals surface area contributed by atoms with Crippen molar-refractivity contribution in [2.45, 2.75) is 0 Å². The van der Waals surface area contributed by atoms with E-state index in [1.165, 1.54) is 0 Å². The highest BCUT2D eigenvalue weighted by Gasteiger charge is 2.16. The molecular formula is C11H22N8O. The number of morpholine rings is 1. The second kappa shape index (κ2) is 7.17. The lowest BCUT2D eigenvalue weighted by atomic mass is 10.4. The molecule has 112 valence electrons. The minimum Gasteiger partial charge on any atom is -0.378 e. The van der Waals surface area contributed by atoms with Crippen LogP contribution < -0.4 is 21.5 Å². The molecule has 1 aromatic heterocycles. The third-order valence-corrected chi connectivity index (χ3v) is 2.89. The Labute approximate surface area is 118 Å². The second-order valence-electron chi connectivity index (χ2n) is 4.76. The van der Waals surface area contributed by atoms with Gasteiger partial charge >= 0.3 is 0 Å². The molecule has 0 spiro atoms. The number of hydrogen-bond donors (Lipinski definition) is 3. The van der Waals surface area contributed by atoms with Gasteiger partial charge in [-0.05, 0) is 14.1 Å². The molecule has 9 nitrogen and oxygen atoms in total. The number of aromatic nitrogens is 3. The molecule has 4 N–H and O–H groups in total. The summed E-state index contributed by atoms with van der Waals surface area (Å²) >= 11 is 0. The first kappa shape index (κ1) is 14.7. The minimum absolute atomic E-state index is 0.355. The Morgan fingerprint density at radius 2 is 1.90 bits per heavy atom. The summed E-state index contributed by atoms with van der Waals surface area (Å²) in [7, 11) is 4.03. The van der Waals surface area contributed by atoms with E-state index in [1.54, 1.807) is 0 Å². The summed E-state index contributed by atoms with van der Waals surface area (Å²) in [5, 5.41) is 3.17. The van der Waals surface area contributed by atoms with Crippen LogP contribution in [0.5, 0.6) is 0 Å². The van der Waals surface area contributed by atoms with Crippen LogP contribution in [0.25, 0.3) is 0 Å². The van der Waals surface area contributed by atoms with Gasteiger partial charge in [0.1, 0.15) is 0 Å². The van der Waals surface area contributed by atoms with Crippen molar-refractivity contribution in [2.24, 2.45) is 5.84 Å². The SMILES string of the molecule is CN(C)CCNc1nc(NN)nc(N2CCOCC2)n1. The van der Waals surface area contributed by atoms with Gasteiger partial charge in [0.25, 0.3) is 0 Å². The van der Waals surface area contributed by atoms with Gasteiger partial charge in [0.15, 0.2) is 0 Å². The monoisotopic (exact) mass is 282 g/mol. The summed E-state index contributed by atoms with van der Waals surface area (Å²) in [5.41, 5.74) is 2.48. The van der Waals surface area contributed by atoms with Crippen LogP contribution in [-0.2, 0) is 4.74 Å². The molecule has 1 saturated heterocycles. The Balaban J connectivity index is 2.06. The van der Waals surface area contributed by atoms with Crippen molar-refractivity contribution in [1.29, 1.82) is 0 Å². The lowest BCUT2D eigenvalue weighted by Crippen LogP contribution is -2.37. The molecule has 0 bridgehead atoms. The summed E-state index contributed by atoms with van der Waals surface area (Å²) in [6, 6.07) is 0. The van der Waals surface area contributed by atoms with E-state index in [2.05, 4.69) is 35.5 Å². The predicted octanol–water partition coefficient (Wildman–Crippen LogP) is -1.03. The lowest BCUT2D eigenvalue weighted by Gasteiger charge is -2.27. The van der Waals surface area contributed by atoms with E-state index in [1.807, 2.05) is 14.1 Å². The largest absolute Gasteiger partial charge is 0.378 e. The van der Waals surface area contributed by atoms with E-state index in [0.29, 0.717) is 31.1 Å². The summed E-state index contributed by atoms with van der Waals surface area (Å²) < 4.78 is 5.32. The van der Waals surface area contributed by atoms with Crippen LogP contribution in [0.1, 0.15) is 0 Å². The Bertz CT molecular complexity index is 421.